The summed E-state index contributed by atoms with van der Waals surface area (Å²) in [5.74, 6) is 2.65. The second-order valence-electron chi connectivity index (χ2n) is 15.8. The molecule has 1 aliphatic rings. The Bertz CT molecular complexity index is 1080. The molecule has 0 aromatic heterocycles. The molecular formula is C42H74O8. The maximum absolute atomic E-state index is 11.7. The summed E-state index contributed by atoms with van der Waals surface area (Å²) in [5.41, 5.74) is 4.30. The maximum atomic E-state index is 11.7. The van der Waals surface area contributed by atoms with Crippen molar-refractivity contribution in [3.63, 3.8) is 0 Å². The number of carbonyl (C=O) groups is 1. The normalized spacial score (nSPS) is 16.0. The minimum absolute atomic E-state index is 0.0870. The Kier molecular flexibility index (Phi) is 21.6. The van der Waals surface area contributed by atoms with Gasteiger partial charge in [-0.1, -0.05) is 71.6 Å². The molecule has 1 aliphatic heterocycles. The van der Waals surface area contributed by atoms with Crippen LogP contribution in [0.15, 0.2) is 0 Å². The minimum Gasteiger partial charge on any atom is -0.491 e. The average molecular weight is 707 g/mol. The maximum Gasteiger partial charge on any atom is 0.308 e. The topological polar surface area (TPSA) is 81.7 Å². The molecule has 2 rings (SSSR count). The monoisotopic (exact) mass is 707 g/mol. The van der Waals surface area contributed by atoms with Crippen LogP contribution in [0.4, 0.5) is 0 Å². The second-order valence-corrected chi connectivity index (χ2v) is 15.8. The van der Waals surface area contributed by atoms with Gasteiger partial charge in [-0.3, -0.25) is 4.79 Å². The molecule has 0 N–H and O–H groups in total. The van der Waals surface area contributed by atoms with Crippen LogP contribution in [0.25, 0.3) is 0 Å². The molecule has 0 saturated carbocycles. The predicted octanol–water partition coefficient (Wildman–Crippen LogP) is 9.82. The third-order valence-corrected chi connectivity index (χ3v) is 9.51. The molecule has 8 nitrogen and oxygen atoms in total. The van der Waals surface area contributed by atoms with Gasteiger partial charge in [-0.25, -0.2) is 0 Å². The summed E-state index contributed by atoms with van der Waals surface area (Å²) in [6, 6.07) is 0. The van der Waals surface area contributed by atoms with Crippen LogP contribution >= 0.6 is 0 Å². The first-order valence-electron chi connectivity index (χ1n) is 19.8. The van der Waals surface area contributed by atoms with Crippen molar-refractivity contribution in [2.24, 2.45) is 5.92 Å². The number of carbonyl (C=O) groups excluding carboxylic acids is 1. The first-order chi connectivity index (χ1) is 23.8. The van der Waals surface area contributed by atoms with E-state index in [0.29, 0.717) is 59.5 Å². The van der Waals surface area contributed by atoms with Crippen LogP contribution in [0, 0.1) is 26.7 Å². The molecule has 0 radical (unpaired) electrons. The summed E-state index contributed by atoms with van der Waals surface area (Å²) < 4.78 is 40.6. The van der Waals surface area contributed by atoms with Gasteiger partial charge in [-0.15, -0.1) is 0 Å². The Balaban J connectivity index is 1.55. The van der Waals surface area contributed by atoms with E-state index in [4.69, 9.17) is 33.2 Å². The van der Waals surface area contributed by atoms with Gasteiger partial charge in [0, 0.05) is 5.56 Å². The van der Waals surface area contributed by atoms with Crippen molar-refractivity contribution in [2.75, 3.05) is 59.5 Å². The zero-order valence-corrected chi connectivity index (χ0v) is 33.6. The van der Waals surface area contributed by atoms with Crippen molar-refractivity contribution >= 4 is 5.97 Å². The van der Waals surface area contributed by atoms with Crippen molar-refractivity contribution in [1.29, 1.82) is 0 Å². The number of rotatable bonds is 28. The summed E-state index contributed by atoms with van der Waals surface area (Å²) in [4.78, 5) is 11.7. The van der Waals surface area contributed by atoms with Crippen LogP contribution in [0.2, 0.25) is 0 Å². The van der Waals surface area contributed by atoms with E-state index in [9.17, 15) is 4.79 Å². The zero-order chi connectivity index (χ0) is 36.8. The molecule has 0 bridgehead atoms. The van der Waals surface area contributed by atoms with Crippen molar-refractivity contribution in [2.45, 2.75) is 163 Å². The molecule has 0 aliphatic carbocycles. The van der Waals surface area contributed by atoms with Gasteiger partial charge in [0.15, 0.2) is 0 Å². The van der Waals surface area contributed by atoms with Gasteiger partial charge in [0.05, 0.1) is 59.3 Å². The summed E-state index contributed by atoms with van der Waals surface area (Å²) in [5, 5.41) is 0. The van der Waals surface area contributed by atoms with E-state index >= 15 is 0 Å². The molecule has 290 valence electrons. The molecule has 0 fully saturated rings. The highest BCUT2D eigenvalue weighted by Gasteiger charge is 2.34. The van der Waals surface area contributed by atoms with Crippen LogP contribution in [-0.4, -0.2) is 76.6 Å². The summed E-state index contributed by atoms with van der Waals surface area (Å²) in [7, 11) is 0. The summed E-state index contributed by atoms with van der Waals surface area (Å²) in [6.07, 6.45) is 17.1. The number of esters is 1. The van der Waals surface area contributed by atoms with Crippen molar-refractivity contribution < 1.29 is 38.0 Å². The molecule has 0 saturated heterocycles. The van der Waals surface area contributed by atoms with Gasteiger partial charge < -0.3 is 33.2 Å². The van der Waals surface area contributed by atoms with Gasteiger partial charge >= 0.3 is 5.97 Å². The fourth-order valence-corrected chi connectivity index (χ4v) is 6.48. The average Bonchev–Trinajstić information content (AvgIpc) is 3.04. The van der Waals surface area contributed by atoms with Gasteiger partial charge in [-0.2, -0.15) is 0 Å². The minimum atomic E-state index is -0.469. The van der Waals surface area contributed by atoms with Crippen molar-refractivity contribution in [3.05, 3.63) is 22.3 Å². The fourth-order valence-electron chi connectivity index (χ4n) is 6.48. The first-order valence-corrected chi connectivity index (χ1v) is 19.8. The van der Waals surface area contributed by atoms with E-state index in [0.717, 1.165) is 42.2 Å². The Morgan fingerprint density at radius 2 is 1.20 bits per heavy atom. The van der Waals surface area contributed by atoms with Gasteiger partial charge in [0.1, 0.15) is 29.3 Å². The lowest BCUT2D eigenvalue weighted by Gasteiger charge is -2.38. The highest BCUT2D eigenvalue weighted by molar-refractivity contribution is 5.69. The fraction of sp³-hybridized carbons (Fsp3) is 0.833. The molecule has 0 amide bonds. The number of ether oxygens (including phenoxy) is 7. The quantitative estimate of drug-likeness (QED) is 0.0630. The molecule has 1 heterocycles. The highest BCUT2D eigenvalue weighted by Crippen LogP contribution is 2.45. The van der Waals surface area contributed by atoms with Crippen molar-refractivity contribution in [1.82, 2.24) is 0 Å². The standard InChI is InChI=1S/C42H74O8/c1-33(2)19-17-15-13-11-10-12-14-16-18-22-42(9)23-20-37-36(5)39(34(3)35(4)40(37)50-42)48-32-31-47-30-29-46-28-27-45-26-25-44-24-21-38(43)49-41(6,7)8/h33H,10-32H2,1-9H3. The molecular weight excluding hydrogens is 632 g/mol. The van der Waals surface area contributed by atoms with Crippen LogP contribution < -0.4 is 9.47 Å². The lowest BCUT2D eigenvalue weighted by atomic mass is 9.84. The lowest BCUT2D eigenvalue weighted by molar-refractivity contribution is -0.156. The number of benzene rings is 1. The van der Waals surface area contributed by atoms with Crippen LogP contribution in [0.3, 0.4) is 0 Å². The molecule has 1 atom stereocenters. The van der Waals surface area contributed by atoms with Crippen molar-refractivity contribution in [3.8, 4) is 11.5 Å². The van der Waals surface area contributed by atoms with Crippen LogP contribution in [0.5, 0.6) is 11.5 Å². The van der Waals surface area contributed by atoms with Gasteiger partial charge in [0.25, 0.3) is 0 Å². The van der Waals surface area contributed by atoms with Gasteiger partial charge in [0.2, 0.25) is 0 Å². The highest BCUT2D eigenvalue weighted by atomic mass is 16.6. The molecule has 1 aromatic rings. The Hall–Kier alpha value is -1.87. The predicted molar refractivity (Wildman–Crippen MR) is 203 cm³/mol. The van der Waals surface area contributed by atoms with E-state index in [2.05, 4.69) is 41.5 Å². The third kappa shape index (κ3) is 18.6. The number of unbranched alkanes of at least 4 members (excludes halogenated alkanes) is 8. The first kappa shape index (κ1) is 44.3. The molecule has 1 aromatic carbocycles. The van der Waals surface area contributed by atoms with Crippen LogP contribution in [-0.2, 0) is 34.9 Å². The third-order valence-electron chi connectivity index (χ3n) is 9.51. The van der Waals surface area contributed by atoms with E-state index in [1.807, 2.05) is 20.8 Å². The van der Waals surface area contributed by atoms with E-state index in [1.165, 1.54) is 80.9 Å². The molecule has 1 unspecified atom stereocenters. The molecule has 0 spiro atoms. The summed E-state index contributed by atoms with van der Waals surface area (Å²) >= 11 is 0. The van der Waals surface area contributed by atoms with E-state index in [1.54, 1.807) is 0 Å². The summed E-state index contributed by atoms with van der Waals surface area (Å²) in [6.45, 7) is 23.2. The second kappa shape index (κ2) is 24.4. The van der Waals surface area contributed by atoms with E-state index < -0.39 is 5.60 Å². The number of hydrogen-bond acceptors (Lipinski definition) is 8. The van der Waals surface area contributed by atoms with E-state index in [-0.39, 0.29) is 18.0 Å². The smallest absolute Gasteiger partial charge is 0.308 e. The van der Waals surface area contributed by atoms with Gasteiger partial charge in [-0.05, 0) is 96.8 Å². The SMILES string of the molecule is Cc1c(C)c2c(c(C)c1OCCOCCOCCOCCOCCC(=O)OC(C)(C)C)CCC(C)(CCCCCCCCCCCC(C)C)O2. The molecule has 8 heteroatoms. The Labute approximate surface area is 306 Å². The largest absolute Gasteiger partial charge is 0.491 e. The van der Waals surface area contributed by atoms with Crippen LogP contribution in [0.1, 0.15) is 147 Å². The zero-order valence-electron chi connectivity index (χ0n) is 33.6. The Morgan fingerprint density at radius 3 is 1.74 bits per heavy atom. The number of hydrogen-bond donors (Lipinski definition) is 0. The lowest BCUT2D eigenvalue weighted by Crippen LogP contribution is -2.37. The number of fused-ring (bicyclic) bond motifs is 1. The Morgan fingerprint density at radius 1 is 0.700 bits per heavy atom. The molecule has 50 heavy (non-hydrogen) atoms.